The number of thioether (sulfide) groups is 1. The molecular formula is C11H17N5O3S. The van der Waals surface area contributed by atoms with Crippen LogP contribution in [0.4, 0.5) is 0 Å². The van der Waals surface area contributed by atoms with Crippen molar-refractivity contribution >= 4 is 11.8 Å². The van der Waals surface area contributed by atoms with Crippen molar-refractivity contribution < 1.29 is 14.0 Å². The Hall–Kier alpha value is -1.45. The highest BCUT2D eigenvalue weighted by molar-refractivity contribution is 7.98. The highest BCUT2D eigenvalue weighted by Gasteiger charge is 2.15. The topological polar surface area (TPSA) is 88.1 Å². The van der Waals surface area contributed by atoms with Crippen LogP contribution in [0.2, 0.25) is 0 Å². The highest BCUT2D eigenvalue weighted by Crippen LogP contribution is 2.24. The summed E-state index contributed by atoms with van der Waals surface area (Å²) >= 11 is 1.52. The largest absolute Gasteiger partial charge is 0.361 e. The Balaban J connectivity index is 2.02. The lowest BCUT2D eigenvalue weighted by Crippen LogP contribution is -2.21. The molecule has 0 spiro atoms. The zero-order valence-corrected chi connectivity index (χ0v) is 12.7. The maximum absolute atomic E-state index is 5.14. The van der Waals surface area contributed by atoms with Crippen molar-refractivity contribution in [3.8, 4) is 0 Å². The van der Waals surface area contributed by atoms with Crippen molar-refractivity contribution in [2.75, 3.05) is 14.2 Å². The van der Waals surface area contributed by atoms with Crippen molar-refractivity contribution in [1.82, 2.24) is 25.4 Å². The third-order valence-electron chi connectivity index (χ3n) is 2.87. The first-order chi connectivity index (χ1) is 9.65. The van der Waals surface area contributed by atoms with Gasteiger partial charge in [-0.25, -0.2) is 4.68 Å². The van der Waals surface area contributed by atoms with Crippen molar-refractivity contribution in [1.29, 1.82) is 0 Å². The first-order valence-corrected chi connectivity index (χ1v) is 7.00. The van der Waals surface area contributed by atoms with Crippen LogP contribution in [-0.4, -0.2) is 45.9 Å². The molecule has 8 nitrogen and oxygen atoms in total. The SMILES string of the molecule is COC(Cn1nnnc1SCc1c(C)noc1C)OC. The van der Waals surface area contributed by atoms with Gasteiger partial charge in [-0.15, -0.1) is 5.10 Å². The average Bonchev–Trinajstić information content (AvgIpc) is 3.01. The van der Waals surface area contributed by atoms with Crippen molar-refractivity contribution in [2.45, 2.75) is 37.6 Å². The molecule has 2 heterocycles. The lowest BCUT2D eigenvalue weighted by atomic mass is 10.2. The van der Waals surface area contributed by atoms with Crippen LogP contribution in [0.5, 0.6) is 0 Å². The molecule has 20 heavy (non-hydrogen) atoms. The van der Waals surface area contributed by atoms with Gasteiger partial charge in [-0.3, -0.25) is 0 Å². The fourth-order valence-electron chi connectivity index (χ4n) is 1.65. The standard InChI is InChI=1S/C11H17N5O3S/c1-7-9(8(2)19-13-7)6-20-11-12-14-15-16(11)5-10(17-3)18-4/h10H,5-6H2,1-4H3. The number of ether oxygens (including phenoxy) is 2. The van der Waals surface area contributed by atoms with Gasteiger partial charge in [0.1, 0.15) is 5.76 Å². The van der Waals surface area contributed by atoms with E-state index in [0.717, 1.165) is 17.0 Å². The summed E-state index contributed by atoms with van der Waals surface area (Å²) in [5, 5.41) is 16.2. The molecule has 0 saturated heterocycles. The van der Waals surface area contributed by atoms with E-state index in [1.165, 1.54) is 11.8 Å². The van der Waals surface area contributed by atoms with Gasteiger partial charge in [-0.2, -0.15) is 0 Å². The number of hydrogen-bond acceptors (Lipinski definition) is 8. The maximum atomic E-state index is 5.14. The Kier molecular flexibility index (Phi) is 5.10. The number of methoxy groups -OCH3 is 2. The second-order valence-electron chi connectivity index (χ2n) is 4.14. The van der Waals surface area contributed by atoms with Gasteiger partial charge < -0.3 is 14.0 Å². The molecular weight excluding hydrogens is 282 g/mol. The molecule has 0 aliphatic carbocycles. The molecule has 0 aliphatic rings. The minimum absolute atomic E-state index is 0.378. The summed E-state index contributed by atoms with van der Waals surface area (Å²) in [6, 6.07) is 0. The predicted molar refractivity (Wildman–Crippen MR) is 71.2 cm³/mol. The van der Waals surface area contributed by atoms with E-state index in [0.29, 0.717) is 17.5 Å². The van der Waals surface area contributed by atoms with E-state index in [1.54, 1.807) is 18.9 Å². The molecule has 9 heteroatoms. The summed E-state index contributed by atoms with van der Waals surface area (Å²) in [5.41, 5.74) is 1.96. The summed E-state index contributed by atoms with van der Waals surface area (Å²) in [5.74, 6) is 1.52. The van der Waals surface area contributed by atoms with E-state index in [1.807, 2.05) is 13.8 Å². The van der Waals surface area contributed by atoms with Crippen LogP contribution in [0.3, 0.4) is 0 Å². The Labute approximate surface area is 120 Å². The first kappa shape index (κ1) is 14.9. The molecule has 2 rings (SSSR count). The van der Waals surface area contributed by atoms with Crippen LogP contribution >= 0.6 is 11.8 Å². The number of aryl methyl sites for hydroxylation is 2. The van der Waals surface area contributed by atoms with Crippen LogP contribution in [0.15, 0.2) is 9.68 Å². The maximum Gasteiger partial charge on any atom is 0.209 e. The van der Waals surface area contributed by atoms with Gasteiger partial charge in [0.25, 0.3) is 0 Å². The monoisotopic (exact) mass is 299 g/mol. The van der Waals surface area contributed by atoms with E-state index in [-0.39, 0.29) is 6.29 Å². The van der Waals surface area contributed by atoms with E-state index in [9.17, 15) is 0 Å². The lowest BCUT2D eigenvalue weighted by Gasteiger charge is -2.13. The number of hydrogen-bond donors (Lipinski definition) is 0. The van der Waals surface area contributed by atoms with Crippen molar-refractivity contribution in [3.63, 3.8) is 0 Å². The molecule has 110 valence electrons. The van der Waals surface area contributed by atoms with Crippen molar-refractivity contribution in [2.24, 2.45) is 0 Å². The summed E-state index contributed by atoms with van der Waals surface area (Å²) < 4.78 is 17.1. The normalized spacial score (nSPS) is 11.4. The molecule has 0 atom stereocenters. The lowest BCUT2D eigenvalue weighted by molar-refractivity contribution is -0.113. The second kappa shape index (κ2) is 6.82. The van der Waals surface area contributed by atoms with E-state index >= 15 is 0 Å². The Bertz CT molecular complexity index is 533. The Morgan fingerprint density at radius 2 is 2.05 bits per heavy atom. The summed E-state index contributed by atoms with van der Waals surface area (Å²) in [6.45, 7) is 4.25. The zero-order chi connectivity index (χ0) is 14.5. The van der Waals surface area contributed by atoms with E-state index in [2.05, 4.69) is 20.7 Å². The van der Waals surface area contributed by atoms with Crippen LogP contribution in [-0.2, 0) is 21.8 Å². The Morgan fingerprint density at radius 1 is 1.30 bits per heavy atom. The number of tetrazole rings is 1. The number of nitrogens with zero attached hydrogens (tertiary/aromatic N) is 5. The molecule has 0 saturated carbocycles. The van der Waals surface area contributed by atoms with Crippen LogP contribution < -0.4 is 0 Å². The molecule has 0 amide bonds. The summed E-state index contributed by atoms with van der Waals surface area (Å²) in [4.78, 5) is 0. The van der Waals surface area contributed by atoms with Crippen LogP contribution in [0, 0.1) is 13.8 Å². The molecule has 2 aromatic heterocycles. The molecule has 0 radical (unpaired) electrons. The van der Waals surface area contributed by atoms with Crippen molar-refractivity contribution in [3.05, 3.63) is 17.0 Å². The fourth-order valence-corrected chi connectivity index (χ4v) is 2.69. The highest BCUT2D eigenvalue weighted by atomic mass is 32.2. The molecule has 0 fully saturated rings. The van der Waals surface area contributed by atoms with E-state index in [4.69, 9.17) is 14.0 Å². The van der Waals surface area contributed by atoms with Gasteiger partial charge in [0, 0.05) is 25.5 Å². The van der Waals surface area contributed by atoms with Crippen LogP contribution in [0.25, 0.3) is 0 Å². The van der Waals surface area contributed by atoms with Gasteiger partial charge in [-0.1, -0.05) is 16.9 Å². The summed E-state index contributed by atoms with van der Waals surface area (Å²) in [6.07, 6.45) is -0.378. The number of rotatable bonds is 7. The van der Waals surface area contributed by atoms with E-state index < -0.39 is 0 Å². The molecule has 0 aliphatic heterocycles. The molecule has 0 unspecified atom stereocenters. The third-order valence-corrected chi connectivity index (χ3v) is 3.86. The molecule has 0 N–H and O–H groups in total. The van der Waals surface area contributed by atoms with Gasteiger partial charge in [-0.05, 0) is 24.3 Å². The molecule has 0 aromatic carbocycles. The van der Waals surface area contributed by atoms with Gasteiger partial charge in [0.2, 0.25) is 5.16 Å². The smallest absolute Gasteiger partial charge is 0.209 e. The first-order valence-electron chi connectivity index (χ1n) is 6.02. The van der Waals surface area contributed by atoms with Gasteiger partial charge in [0.15, 0.2) is 6.29 Å². The second-order valence-corrected chi connectivity index (χ2v) is 5.08. The van der Waals surface area contributed by atoms with Gasteiger partial charge in [0.05, 0.1) is 12.2 Å². The Morgan fingerprint density at radius 3 is 2.65 bits per heavy atom. The van der Waals surface area contributed by atoms with Gasteiger partial charge >= 0.3 is 0 Å². The fraction of sp³-hybridized carbons (Fsp3) is 0.636. The average molecular weight is 299 g/mol. The quantitative estimate of drug-likeness (QED) is 0.556. The predicted octanol–water partition coefficient (Wildman–Crippen LogP) is 1.19. The molecule has 2 aromatic rings. The van der Waals surface area contributed by atoms with Crippen LogP contribution in [0.1, 0.15) is 17.0 Å². The zero-order valence-electron chi connectivity index (χ0n) is 11.9. The molecule has 0 bridgehead atoms. The number of aromatic nitrogens is 5. The third kappa shape index (κ3) is 3.35. The summed E-state index contributed by atoms with van der Waals surface area (Å²) in [7, 11) is 3.16. The minimum Gasteiger partial charge on any atom is -0.361 e. The minimum atomic E-state index is -0.378.